The summed E-state index contributed by atoms with van der Waals surface area (Å²) in [6, 6.07) is 7.31. The molecule has 2 rings (SSSR count). The molecule has 0 aliphatic carbocycles. The fourth-order valence-electron chi connectivity index (χ4n) is 1.34. The molecule has 0 saturated carbocycles. The quantitative estimate of drug-likeness (QED) is 0.799. The summed E-state index contributed by atoms with van der Waals surface area (Å²) >= 11 is 0. The fraction of sp³-hybridized carbons (Fsp3) is 0.250. The van der Waals surface area contributed by atoms with Gasteiger partial charge in [-0.3, -0.25) is 0 Å². The molecule has 1 heterocycles. The monoisotopic (exact) mass is 218 g/mol. The van der Waals surface area contributed by atoms with Gasteiger partial charge < -0.3 is 14.9 Å². The summed E-state index contributed by atoms with van der Waals surface area (Å²) in [6.07, 6.45) is 2.30. The Bertz CT molecular complexity index is 448. The fourth-order valence-corrected chi connectivity index (χ4v) is 1.34. The lowest BCUT2D eigenvalue weighted by Crippen LogP contribution is -2.01. The van der Waals surface area contributed by atoms with E-state index >= 15 is 0 Å². The number of benzene rings is 1. The van der Waals surface area contributed by atoms with Crippen LogP contribution in [0.3, 0.4) is 0 Å². The van der Waals surface area contributed by atoms with E-state index in [1.807, 2.05) is 31.2 Å². The van der Waals surface area contributed by atoms with Crippen LogP contribution in [-0.2, 0) is 6.42 Å². The molecule has 2 aromatic rings. The number of aryl methyl sites for hydroxylation is 1. The molecule has 1 aromatic heterocycles. The van der Waals surface area contributed by atoms with Crippen molar-refractivity contribution in [2.45, 2.75) is 13.3 Å². The molecule has 0 atom stereocenters. The van der Waals surface area contributed by atoms with Gasteiger partial charge in [0, 0.05) is 5.69 Å². The van der Waals surface area contributed by atoms with Crippen LogP contribution in [0.15, 0.2) is 34.9 Å². The molecule has 0 radical (unpaired) electrons. The van der Waals surface area contributed by atoms with Gasteiger partial charge in [-0.05, 0) is 31.2 Å². The molecule has 0 unspecified atom stereocenters. The third kappa shape index (κ3) is 2.76. The average Bonchev–Trinajstić information content (AvgIpc) is 2.67. The molecular weight excluding hydrogens is 204 g/mol. The Morgan fingerprint density at radius 2 is 2.06 bits per heavy atom. The Hall–Kier alpha value is -1.97. The van der Waals surface area contributed by atoms with Crippen LogP contribution in [0.4, 0.5) is 5.69 Å². The standard InChI is InChI=1S/C12H14N2O2/c1-9-8-16-12(14-9)6-7-15-11-4-2-10(13)3-5-11/h2-5,8H,6-7,13H2,1H3. The van der Waals surface area contributed by atoms with Crippen molar-refractivity contribution in [2.75, 3.05) is 12.3 Å². The maximum Gasteiger partial charge on any atom is 0.197 e. The summed E-state index contributed by atoms with van der Waals surface area (Å²) in [5.74, 6) is 1.51. The van der Waals surface area contributed by atoms with Gasteiger partial charge in [-0.15, -0.1) is 0 Å². The highest BCUT2D eigenvalue weighted by Crippen LogP contribution is 2.13. The normalized spacial score (nSPS) is 10.3. The Labute approximate surface area is 94.1 Å². The first kappa shape index (κ1) is 10.5. The van der Waals surface area contributed by atoms with Crippen molar-refractivity contribution in [3.63, 3.8) is 0 Å². The van der Waals surface area contributed by atoms with Crippen molar-refractivity contribution in [1.82, 2.24) is 4.98 Å². The van der Waals surface area contributed by atoms with Crippen molar-refractivity contribution in [3.05, 3.63) is 42.1 Å². The van der Waals surface area contributed by atoms with E-state index in [-0.39, 0.29) is 0 Å². The van der Waals surface area contributed by atoms with Crippen LogP contribution < -0.4 is 10.5 Å². The lowest BCUT2D eigenvalue weighted by molar-refractivity contribution is 0.306. The lowest BCUT2D eigenvalue weighted by atomic mass is 10.3. The smallest absolute Gasteiger partial charge is 0.197 e. The Morgan fingerprint density at radius 3 is 2.69 bits per heavy atom. The molecule has 0 aliphatic heterocycles. The van der Waals surface area contributed by atoms with Crippen LogP contribution in [0.1, 0.15) is 11.6 Å². The Kier molecular flexibility index (Phi) is 3.10. The molecule has 0 saturated heterocycles. The molecule has 2 N–H and O–H groups in total. The number of anilines is 1. The molecule has 16 heavy (non-hydrogen) atoms. The molecule has 0 bridgehead atoms. The number of aromatic nitrogens is 1. The van der Waals surface area contributed by atoms with Crippen LogP contribution in [0.25, 0.3) is 0 Å². The SMILES string of the molecule is Cc1coc(CCOc2ccc(N)cc2)n1. The third-order valence-corrected chi connectivity index (χ3v) is 2.13. The molecular formula is C12H14N2O2. The first-order valence-electron chi connectivity index (χ1n) is 5.13. The summed E-state index contributed by atoms with van der Waals surface area (Å²) < 4.78 is 10.7. The molecule has 0 spiro atoms. The Balaban J connectivity index is 1.82. The first-order chi connectivity index (χ1) is 7.74. The maximum atomic E-state index is 5.57. The lowest BCUT2D eigenvalue weighted by Gasteiger charge is -2.04. The van der Waals surface area contributed by atoms with E-state index in [0.717, 1.165) is 17.1 Å². The molecule has 4 nitrogen and oxygen atoms in total. The number of nitrogen functional groups attached to an aromatic ring is 1. The zero-order valence-corrected chi connectivity index (χ0v) is 9.14. The van der Waals surface area contributed by atoms with Gasteiger partial charge in [0.05, 0.1) is 18.7 Å². The summed E-state index contributed by atoms with van der Waals surface area (Å²) in [4.78, 5) is 4.19. The van der Waals surface area contributed by atoms with Gasteiger partial charge in [0.25, 0.3) is 0 Å². The molecule has 84 valence electrons. The average molecular weight is 218 g/mol. The summed E-state index contributed by atoms with van der Waals surface area (Å²) in [6.45, 7) is 2.44. The summed E-state index contributed by atoms with van der Waals surface area (Å²) in [5.41, 5.74) is 7.19. The summed E-state index contributed by atoms with van der Waals surface area (Å²) in [7, 11) is 0. The number of ether oxygens (including phenoxy) is 1. The van der Waals surface area contributed by atoms with E-state index in [0.29, 0.717) is 18.9 Å². The second kappa shape index (κ2) is 4.70. The summed E-state index contributed by atoms with van der Waals surface area (Å²) in [5, 5.41) is 0. The molecule has 0 amide bonds. The van der Waals surface area contributed by atoms with Gasteiger partial charge >= 0.3 is 0 Å². The van der Waals surface area contributed by atoms with Crippen LogP contribution in [0.2, 0.25) is 0 Å². The number of oxazole rings is 1. The van der Waals surface area contributed by atoms with E-state index < -0.39 is 0 Å². The topological polar surface area (TPSA) is 61.3 Å². The minimum absolute atomic E-state index is 0.546. The molecule has 0 aliphatic rings. The van der Waals surface area contributed by atoms with Crippen LogP contribution in [0, 0.1) is 6.92 Å². The van der Waals surface area contributed by atoms with Crippen molar-refractivity contribution >= 4 is 5.69 Å². The van der Waals surface area contributed by atoms with Gasteiger partial charge in [0.15, 0.2) is 5.89 Å². The molecule has 4 heteroatoms. The van der Waals surface area contributed by atoms with Gasteiger partial charge in [0.2, 0.25) is 0 Å². The minimum Gasteiger partial charge on any atom is -0.493 e. The molecule has 0 fully saturated rings. The predicted octanol–water partition coefficient (Wildman–Crippen LogP) is 2.19. The Morgan fingerprint density at radius 1 is 1.31 bits per heavy atom. The van der Waals surface area contributed by atoms with Crippen molar-refractivity contribution < 1.29 is 9.15 Å². The number of hydrogen-bond donors (Lipinski definition) is 1. The zero-order valence-electron chi connectivity index (χ0n) is 9.14. The number of nitrogens with zero attached hydrogens (tertiary/aromatic N) is 1. The van der Waals surface area contributed by atoms with Gasteiger partial charge in [-0.25, -0.2) is 4.98 Å². The van der Waals surface area contributed by atoms with E-state index in [4.69, 9.17) is 14.9 Å². The van der Waals surface area contributed by atoms with Crippen molar-refractivity contribution in [2.24, 2.45) is 0 Å². The van der Waals surface area contributed by atoms with Crippen LogP contribution >= 0.6 is 0 Å². The largest absolute Gasteiger partial charge is 0.493 e. The highest BCUT2D eigenvalue weighted by Gasteiger charge is 2.00. The maximum absolute atomic E-state index is 5.57. The van der Waals surface area contributed by atoms with Gasteiger partial charge in [0.1, 0.15) is 12.0 Å². The van der Waals surface area contributed by atoms with Crippen LogP contribution in [0.5, 0.6) is 5.75 Å². The van der Waals surface area contributed by atoms with Crippen molar-refractivity contribution in [1.29, 1.82) is 0 Å². The van der Waals surface area contributed by atoms with Crippen LogP contribution in [-0.4, -0.2) is 11.6 Å². The van der Waals surface area contributed by atoms with E-state index in [1.165, 1.54) is 0 Å². The predicted molar refractivity (Wildman–Crippen MR) is 61.3 cm³/mol. The van der Waals surface area contributed by atoms with Gasteiger partial charge in [-0.2, -0.15) is 0 Å². The number of hydrogen-bond acceptors (Lipinski definition) is 4. The number of nitrogens with two attached hydrogens (primary N) is 1. The van der Waals surface area contributed by atoms with E-state index in [1.54, 1.807) is 6.26 Å². The minimum atomic E-state index is 0.546. The van der Waals surface area contributed by atoms with Crippen molar-refractivity contribution in [3.8, 4) is 5.75 Å². The zero-order chi connectivity index (χ0) is 11.4. The third-order valence-electron chi connectivity index (χ3n) is 2.13. The van der Waals surface area contributed by atoms with Gasteiger partial charge in [-0.1, -0.05) is 0 Å². The van der Waals surface area contributed by atoms with E-state index in [9.17, 15) is 0 Å². The van der Waals surface area contributed by atoms with E-state index in [2.05, 4.69) is 4.98 Å². The number of rotatable bonds is 4. The molecule has 1 aromatic carbocycles. The second-order valence-corrected chi connectivity index (χ2v) is 3.55. The second-order valence-electron chi connectivity index (χ2n) is 3.55. The highest BCUT2D eigenvalue weighted by molar-refractivity contribution is 5.41. The highest BCUT2D eigenvalue weighted by atomic mass is 16.5. The first-order valence-corrected chi connectivity index (χ1v) is 5.13.